The van der Waals surface area contributed by atoms with Crippen molar-refractivity contribution < 1.29 is 13.2 Å². The monoisotopic (exact) mass is 397 g/mol. The molecule has 0 aliphatic heterocycles. The van der Waals surface area contributed by atoms with Gasteiger partial charge in [0.05, 0.1) is 5.52 Å². The molecule has 148 valence electrons. The van der Waals surface area contributed by atoms with Crippen LogP contribution >= 0.6 is 0 Å². The van der Waals surface area contributed by atoms with E-state index in [2.05, 4.69) is 15.0 Å². The standard InChI is InChI=1S/C21H18F3N5/c22-14-9-7-13(8-10-14)21(23,24)20-27-17-4-2-1-3-15(17)19(29-20)28-18(26)11-16(25)12-5-6-12/h1-4,7-12H,5-6,25H2,(H2,26,27,28,29)/b16-11-. The molecule has 1 heterocycles. The molecular weight excluding hydrogens is 379 g/mol. The van der Waals surface area contributed by atoms with E-state index in [1.165, 1.54) is 6.08 Å². The largest absolute Gasteiger partial charge is 0.402 e. The number of allylic oxidation sites excluding steroid dienone is 1. The summed E-state index contributed by atoms with van der Waals surface area (Å²) in [5.74, 6) is -4.50. The smallest absolute Gasteiger partial charge is 0.331 e. The molecule has 29 heavy (non-hydrogen) atoms. The Morgan fingerprint density at radius 2 is 1.72 bits per heavy atom. The lowest BCUT2D eigenvalue weighted by molar-refractivity contribution is 0.0332. The van der Waals surface area contributed by atoms with Crippen molar-refractivity contribution >= 4 is 22.6 Å². The summed E-state index contributed by atoms with van der Waals surface area (Å²) < 4.78 is 43.2. The predicted octanol–water partition coefficient (Wildman–Crippen LogP) is 4.15. The maximum Gasteiger partial charge on any atom is 0.331 e. The molecule has 5 nitrogen and oxygen atoms in total. The number of nitrogens with two attached hydrogens (primary N) is 2. The van der Waals surface area contributed by atoms with E-state index in [0.29, 0.717) is 22.5 Å². The number of nitrogens with zero attached hydrogens (tertiary/aromatic N) is 3. The number of aliphatic imine (C=N–C) groups is 1. The summed E-state index contributed by atoms with van der Waals surface area (Å²) in [7, 11) is 0. The minimum atomic E-state index is -3.54. The second kappa shape index (κ2) is 7.20. The number of fused-ring (bicyclic) bond motifs is 1. The molecule has 1 aromatic heterocycles. The zero-order chi connectivity index (χ0) is 20.6. The third-order valence-corrected chi connectivity index (χ3v) is 4.67. The van der Waals surface area contributed by atoms with Gasteiger partial charge >= 0.3 is 5.92 Å². The van der Waals surface area contributed by atoms with Gasteiger partial charge in [-0.3, -0.25) is 0 Å². The van der Waals surface area contributed by atoms with Crippen LogP contribution in [0.4, 0.5) is 19.0 Å². The molecule has 4 rings (SSSR count). The first kappa shape index (κ1) is 18.9. The molecule has 0 bridgehead atoms. The van der Waals surface area contributed by atoms with E-state index in [0.717, 1.165) is 37.1 Å². The predicted molar refractivity (Wildman–Crippen MR) is 105 cm³/mol. The Hall–Kier alpha value is -3.42. The van der Waals surface area contributed by atoms with Crippen LogP contribution in [0.25, 0.3) is 10.9 Å². The van der Waals surface area contributed by atoms with Crippen LogP contribution in [-0.2, 0) is 5.92 Å². The summed E-state index contributed by atoms with van der Waals surface area (Å²) >= 11 is 0. The number of para-hydroxylation sites is 1. The van der Waals surface area contributed by atoms with Crippen LogP contribution in [0.1, 0.15) is 24.2 Å². The molecular formula is C21H18F3N5. The molecule has 1 saturated carbocycles. The number of rotatable bonds is 5. The molecule has 0 spiro atoms. The summed E-state index contributed by atoms with van der Waals surface area (Å²) in [6.07, 6.45) is 3.53. The highest BCUT2D eigenvalue weighted by Gasteiger charge is 2.38. The Bertz CT molecular complexity index is 1120. The van der Waals surface area contributed by atoms with Gasteiger partial charge in [0.25, 0.3) is 0 Å². The average Bonchev–Trinajstić information content (AvgIpc) is 3.53. The first-order valence-electron chi connectivity index (χ1n) is 9.07. The van der Waals surface area contributed by atoms with Gasteiger partial charge in [-0.1, -0.05) is 12.1 Å². The van der Waals surface area contributed by atoms with Crippen LogP contribution in [0, 0.1) is 11.7 Å². The van der Waals surface area contributed by atoms with Crippen LogP contribution in [0.2, 0.25) is 0 Å². The second-order valence-electron chi connectivity index (χ2n) is 6.92. The van der Waals surface area contributed by atoms with Gasteiger partial charge in [-0.25, -0.2) is 19.4 Å². The third kappa shape index (κ3) is 3.91. The number of hydrogen-bond donors (Lipinski definition) is 2. The molecule has 3 aromatic rings. The van der Waals surface area contributed by atoms with Gasteiger partial charge in [0.15, 0.2) is 5.82 Å². The molecule has 0 saturated heterocycles. The van der Waals surface area contributed by atoms with Crippen molar-refractivity contribution in [1.29, 1.82) is 0 Å². The minimum Gasteiger partial charge on any atom is -0.402 e. The summed E-state index contributed by atoms with van der Waals surface area (Å²) in [6, 6.07) is 10.6. The number of benzene rings is 2. The number of hydrogen-bond acceptors (Lipinski definition) is 4. The molecule has 1 aliphatic rings. The normalized spacial score (nSPS) is 15.7. The lowest BCUT2D eigenvalue weighted by atomic mass is 10.1. The van der Waals surface area contributed by atoms with Gasteiger partial charge in [-0.2, -0.15) is 8.78 Å². The fourth-order valence-corrected chi connectivity index (χ4v) is 2.93. The first-order valence-corrected chi connectivity index (χ1v) is 9.07. The van der Waals surface area contributed by atoms with Gasteiger partial charge in [-0.15, -0.1) is 0 Å². The fourth-order valence-electron chi connectivity index (χ4n) is 2.93. The molecule has 1 fully saturated rings. The van der Waals surface area contributed by atoms with Crippen LogP contribution in [0.5, 0.6) is 0 Å². The van der Waals surface area contributed by atoms with Crippen LogP contribution in [0.15, 0.2) is 65.3 Å². The van der Waals surface area contributed by atoms with E-state index >= 15 is 8.78 Å². The topological polar surface area (TPSA) is 90.2 Å². The molecule has 0 unspecified atom stereocenters. The van der Waals surface area contributed by atoms with Gasteiger partial charge in [-0.05, 0) is 61.2 Å². The van der Waals surface area contributed by atoms with Gasteiger partial charge in [0.2, 0.25) is 5.82 Å². The molecule has 8 heteroatoms. The van der Waals surface area contributed by atoms with E-state index in [9.17, 15) is 4.39 Å². The van der Waals surface area contributed by atoms with E-state index in [1.807, 2.05) is 0 Å². The van der Waals surface area contributed by atoms with E-state index in [-0.39, 0.29) is 11.7 Å². The summed E-state index contributed by atoms with van der Waals surface area (Å²) in [5.41, 5.74) is 12.4. The Labute approximate surface area is 165 Å². The van der Waals surface area contributed by atoms with Gasteiger partial charge < -0.3 is 11.5 Å². The summed E-state index contributed by atoms with van der Waals surface area (Å²) in [6.45, 7) is 0. The first-order chi connectivity index (χ1) is 13.8. The lowest BCUT2D eigenvalue weighted by Crippen LogP contribution is -2.19. The van der Waals surface area contributed by atoms with Crippen molar-refractivity contribution in [2.75, 3.05) is 0 Å². The Kier molecular flexibility index (Phi) is 4.70. The van der Waals surface area contributed by atoms with Crippen molar-refractivity contribution in [3.8, 4) is 0 Å². The quantitative estimate of drug-likeness (QED) is 0.500. The SMILES string of the molecule is NC(/C=C(\N)C1CC1)=Nc1nc(C(F)(F)c2ccc(F)cc2)nc2ccccc12. The second-order valence-corrected chi connectivity index (χ2v) is 6.92. The highest BCUT2D eigenvalue weighted by Crippen LogP contribution is 2.36. The molecule has 0 atom stereocenters. The minimum absolute atomic E-state index is 0.0183. The van der Waals surface area contributed by atoms with Crippen molar-refractivity contribution in [3.05, 3.63) is 77.5 Å². The third-order valence-electron chi connectivity index (χ3n) is 4.67. The number of alkyl halides is 2. The van der Waals surface area contributed by atoms with Crippen LogP contribution in [0.3, 0.4) is 0 Å². The highest BCUT2D eigenvalue weighted by atomic mass is 19.3. The number of aromatic nitrogens is 2. The van der Waals surface area contributed by atoms with Crippen molar-refractivity contribution in [3.63, 3.8) is 0 Å². The van der Waals surface area contributed by atoms with Crippen LogP contribution in [-0.4, -0.2) is 15.8 Å². The zero-order valence-corrected chi connectivity index (χ0v) is 15.3. The molecule has 0 amide bonds. The molecule has 2 aromatic carbocycles. The Balaban J connectivity index is 1.82. The lowest BCUT2D eigenvalue weighted by Gasteiger charge is -2.16. The maximum absolute atomic E-state index is 15.0. The Morgan fingerprint density at radius 1 is 1.03 bits per heavy atom. The molecule has 4 N–H and O–H groups in total. The van der Waals surface area contributed by atoms with Crippen molar-refractivity contribution in [2.45, 2.75) is 18.8 Å². The van der Waals surface area contributed by atoms with E-state index in [4.69, 9.17) is 11.5 Å². The van der Waals surface area contributed by atoms with Gasteiger partial charge in [0, 0.05) is 16.6 Å². The molecule has 0 radical (unpaired) electrons. The zero-order valence-electron chi connectivity index (χ0n) is 15.3. The van der Waals surface area contributed by atoms with Crippen molar-refractivity contribution in [1.82, 2.24) is 9.97 Å². The summed E-state index contributed by atoms with van der Waals surface area (Å²) in [4.78, 5) is 12.2. The van der Waals surface area contributed by atoms with E-state index < -0.39 is 23.1 Å². The maximum atomic E-state index is 15.0. The average molecular weight is 397 g/mol. The highest BCUT2D eigenvalue weighted by molar-refractivity contribution is 5.97. The fraction of sp³-hybridized carbons (Fsp3) is 0.190. The van der Waals surface area contributed by atoms with Gasteiger partial charge in [0.1, 0.15) is 11.7 Å². The van der Waals surface area contributed by atoms with Crippen LogP contribution < -0.4 is 11.5 Å². The van der Waals surface area contributed by atoms with E-state index in [1.54, 1.807) is 24.3 Å². The number of amidine groups is 1. The molecule has 1 aliphatic carbocycles. The number of halogens is 3. The Morgan fingerprint density at radius 3 is 2.41 bits per heavy atom. The van der Waals surface area contributed by atoms with Crippen molar-refractivity contribution in [2.24, 2.45) is 22.4 Å². The summed E-state index contributed by atoms with van der Waals surface area (Å²) in [5, 5.41) is 0.479.